The van der Waals surface area contributed by atoms with Gasteiger partial charge in [-0.25, -0.2) is 9.97 Å². The second kappa shape index (κ2) is 8.16. The van der Waals surface area contributed by atoms with Gasteiger partial charge in [0, 0.05) is 55.3 Å². The van der Waals surface area contributed by atoms with E-state index < -0.39 is 0 Å². The number of aromatic nitrogens is 3. The van der Waals surface area contributed by atoms with Crippen molar-refractivity contribution in [3.8, 4) is 0 Å². The van der Waals surface area contributed by atoms with Crippen LogP contribution in [-0.4, -0.2) is 33.4 Å². The highest BCUT2D eigenvalue weighted by atomic mass is 15.1. The molecule has 1 aliphatic rings. The molecule has 2 heterocycles. The minimum absolute atomic E-state index is 0.583. The second-order valence-electron chi connectivity index (χ2n) is 6.59. The van der Waals surface area contributed by atoms with Crippen LogP contribution in [0.3, 0.4) is 0 Å². The van der Waals surface area contributed by atoms with Gasteiger partial charge in [-0.05, 0) is 32.0 Å². The van der Waals surface area contributed by atoms with Gasteiger partial charge in [-0.1, -0.05) is 25.3 Å². The van der Waals surface area contributed by atoms with Crippen molar-refractivity contribution < 1.29 is 0 Å². The molecular formula is C19H26N4. The van der Waals surface area contributed by atoms with Gasteiger partial charge in [0.15, 0.2) is 0 Å². The maximum Gasteiger partial charge on any atom is 0.131 e. The van der Waals surface area contributed by atoms with E-state index in [-0.39, 0.29) is 0 Å². The standard InChI is InChI=1S/C19H26N4/c1-23(12-10-18-9-5-6-11-20-18)15-16-13-21-19(22-14-16)17-7-3-2-4-8-17/h5-6,9,11,13-14,17H,2-4,7-8,10,12,15H2,1H3. The molecule has 1 aliphatic carbocycles. The lowest BCUT2D eigenvalue weighted by Gasteiger charge is -2.20. The van der Waals surface area contributed by atoms with Crippen LogP contribution in [0.4, 0.5) is 0 Å². The Hall–Kier alpha value is -1.81. The third-order valence-corrected chi connectivity index (χ3v) is 4.62. The Bertz CT molecular complexity index is 576. The lowest BCUT2D eigenvalue weighted by atomic mass is 9.89. The maximum atomic E-state index is 4.62. The highest BCUT2D eigenvalue weighted by Gasteiger charge is 2.17. The molecule has 0 saturated heterocycles. The molecule has 0 radical (unpaired) electrons. The van der Waals surface area contributed by atoms with Gasteiger partial charge in [0.2, 0.25) is 0 Å². The number of likely N-dealkylation sites (N-methyl/N-ethyl adjacent to an activating group) is 1. The van der Waals surface area contributed by atoms with Crippen LogP contribution in [0.1, 0.15) is 55.1 Å². The molecule has 0 spiro atoms. The highest BCUT2D eigenvalue weighted by Crippen LogP contribution is 2.30. The van der Waals surface area contributed by atoms with E-state index in [1.807, 2.05) is 30.7 Å². The molecule has 23 heavy (non-hydrogen) atoms. The van der Waals surface area contributed by atoms with E-state index in [1.54, 1.807) is 0 Å². The van der Waals surface area contributed by atoms with Crippen molar-refractivity contribution in [3.05, 3.63) is 53.9 Å². The molecule has 0 N–H and O–H groups in total. The van der Waals surface area contributed by atoms with Crippen LogP contribution in [0.2, 0.25) is 0 Å². The van der Waals surface area contributed by atoms with Gasteiger partial charge >= 0.3 is 0 Å². The van der Waals surface area contributed by atoms with Gasteiger partial charge in [0.1, 0.15) is 5.82 Å². The van der Waals surface area contributed by atoms with Crippen molar-refractivity contribution in [1.82, 2.24) is 19.9 Å². The summed E-state index contributed by atoms with van der Waals surface area (Å²) < 4.78 is 0. The molecule has 4 heteroatoms. The van der Waals surface area contributed by atoms with Crippen molar-refractivity contribution in [2.45, 2.75) is 51.0 Å². The first kappa shape index (κ1) is 16.1. The smallest absolute Gasteiger partial charge is 0.131 e. The Morgan fingerprint density at radius 1 is 1.04 bits per heavy atom. The number of hydrogen-bond donors (Lipinski definition) is 0. The Morgan fingerprint density at radius 2 is 1.83 bits per heavy atom. The normalized spacial score (nSPS) is 15.9. The summed E-state index contributed by atoms with van der Waals surface area (Å²) >= 11 is 0. The molecule has 1 saturated carbocycles. The molecule has 0 aliphatic heterocycles. The molecule has 0 unspecified atom stereocenters. The number of rotatable bonds is 6. The quantitative estimate of drug-likeness (QED) is 0.817. The third-order valence-electron chi connectivity index (χ3n) is 4.62. The zero-order valence-corrected chi connectivity index (χ0v) is 14.0. The predicted molar refractivity (Wildman–Crippen MR) is 92.1 cm³/mol. The Morgan fingerprint density at radius 3 is 2.52 bits per heavy atom. The van der Waals surface area contributed by atoms with Crippen LogP contribution in [0.15, 0.2) is 36.8 Å². The summed E-state index contributed by atoms with van der Waals surface area (Å²) in [5.74, 6) is 1.63. The molecule has 2 aromatic rings. The lowest BCUT2D eigenvalue weighted by molar-refractivity contribution is 0.328. The van der Waals surface area contributed by atoms with Crippen LogP contribution < -0.4 is 0 Å². The van der Waals surface area contributed by atoms with E-state index >= 15 is 0 Å². The number of pyridine rings is 1. The molecule has 2 aromatic heterocycles. The molecule has 4 nitrogen and oxygen atoms in total. The van der Waals surface area contributed by atoms with Crippen LogP contribution in [0, 0.1) is 0 Å². The molecule has 3 rings (SSSR count). The summed E-state index contributed by atoms with van der Waals surface area (Å²) in [7, 11) is 2.14. The summed E-state index contributed by atoms with van der Waals surface area (Å²) in [6.45, 7) is 1.87. The number of nitrogens with zero attached hydrogens (tertiary/aromatic N) is 4. The molecule has 0 aromatic carbocycles. The van der Waals surface area contributed by atoms with Crippen molar-refractivity contribution in [1.29, 1.82) is 0 Å². The van der Waals surface area contributed by atoms with E-state index in [9.17, 15) is 0 Å². The van der Waals surface area contributed by atoms with Gasteiger partial charge in [-0.3, -0.25) is 4.98 Å². The molecule has 0 atom stereocenters. The van der Waals surface area contributed by atoms with E-state index in [1.165, 1.54) is 37.7 Å². The first-order valence-electron chi connectivity index (χ1n) is 8.70. The minimum Gasteiger partial charge on any atom is -0.302 e. The van der Waals surface area contributed by atoms with Crippen LogP contribution in [-0.2, 0) is 13.0 Å². The average Bonchev–Trinajstić information content (AvgIpc) is 2.62. The van der Waals surface area contributed by atoms with Gasteiger partial charge in [0.25, 0.3) is 0 Å². The van der Waals surface area contributed by atoms with Crippen molar-refractivity contribution in [3.63, 3.8) is 0 Å². The predicted octanol–water partition coefficient (Wildman–Crippen LogP) is 3.59. The summed E-state index contributed by atoms with van der Waals surface area (Å²) in [4.78, 5) is 15.9. The summed E-state index contributed by atoms with van der Waals surface area (Å²) in [5.41, 5.74) is 2.33. The highest BCUT2D eigenvalue weighted by molar-refractivity contribution is 5.08. The monoisotopic (exact) mass is 310 g/mol. The average molecular weight is 310 g/mol. The molecular weight excluding hydrogens is 284 g/mol. The largest absolute Gasteiger partial charge is 0.302 e. The maximum absolute atomic E-state index is 4.62. The van der Waals surface area contributed by atoms with Crippen molar-refractivity contribution in [2.75, 3.05) is 13.6 Å². The van der Waals surface area contributed by atoms with Crippen LogP contribution in [0.25, 0.3) is 0 Å². The zero-order valence-electron chi connectivity index (χ0n) is 14.0. The summed E-state index contributed by atoms with van der Waals surface area (Å²) in [6, 6.07) is 6.08. The third kappa shape index (κ3) is 4.83. The summed E-state index contributed by atoms with van der Waals surface area (Å²) in [5, 5.41) is 0. The van der Waals surface area contributed by atoms with E-state index in [0.29, 0.717) is 5.92 Å². The van der Waals surface area contributed by atoms with E-state index in [4.69, 9.17) is 0 Å². The van der Waals surface area contributed by atoms with E-state index in [0.717, 1.165) is 31.0 Å². The minimum atomic E-state index is 0.583. The van der Waals surface area contributed by atoms with Gasteiger partial charge in [-0.15, -0.1) is 0 Å². The zero-order chi connectivity index (χ0) is 15.9. The second-order valence-corrected chi connectivity index (χ2v) is 6.59. The van der Waals surface area contributed by atoms with Crippen LogP contribution >= 0.6 is 0 Å². The fourth-order valence-electron chi connectivity index (χ4n) is 3.26. The SMILES string of the molecule is CN(CCc1ccccn1)Cc1cnc(C2CCCCC2)nc1. The van der Waals surface area contributed by atoms with Gasteiger partial charge in [-0.2, -0.15) is 0 Å². The molecule has 1 fully saturated rings. The molecule has 0 bridgehead atoms. The Labute approximate surface area is 139 Å². The fraction of sp³-hybridized carbons (Fsp3) is 0.526. The van der Waals surface area contributed by atoms with Gasteiger partial charge in [0.05, 0.1) is 0 Å². The fourth-order valence-corrected chi connectivity index (χ4v) is 3.26. The number of hydrogen-bond acceptors (Lipinski definition) is 4. The topological polar surface area (TPSA) is 41.9 Å². The van der Waals surface area contributed by atoms with Crippen LogP contribution in [0.5, 0.6) is 0 Å². The van der Waals surface area contributed by atoms with Crippen molar-refractivity contribution >= 4 is 0 Å². The van der Waals surface area contributed by atoms with Gasteiger partial charge < -0.3 is 4.90 Å². The van der Waals surface area contributed by atoms with Crippen molar-refractivity contribution in [2.24, 2.45) is 0 Å². The van der Waals surface area contributed by atoms with E-state index in [2.05, 4.69) is 33.0 Å². The summed E-state index contributed by atoms with van der Waals surface area (Å²) in [6.07, 6.45) is 13.4. The first-order valence-corrected chi connectivity index (χ1v) is 8.70. The molecule has 0 amide bonds. The Balaban J connectivity index is 1.49. The first-order chi connectivity index (χ1) is 11.3. The Kier molecular flexibility index (Phi) is 5.70. The molecule has 122 valence electrons. The lowest BCUT2D eigenvalue weighted by Crippen LogP contribution is -2.21.